The number of hydrogen-bond donors (Lipinski definition) is 2. The average Bonchev–Trinajstić information content (AvgIpc) is 2.97. The zero-order valence-corrected chi connectivity index (χ0v) is 14.8. The molecule has 0 aliphatic heterocycles. The second kappa shape index (κ2) is 9.31. The van der Waals surface area contributed by atoms with Gasteiger partial charge in [-0.3, -0.25) is 4.79 Å². The lowest BCUT2D eigenvalue weighted by Crippen LogP contribution is -2.28. The second-order valence-electron chi connectivity index (χ2n) is 5.42. The van der Waals surface area contributed by atoms with Crippen molar-refractivity contribution in [2.45, 2.75) is 32.3 Å². The van der Waals surface area contributed by atoms with Crippen LogP contribution in [0.1, 0.15) is 31.9 Å². The van der Waals surface area contributed by atoms with Crippen LogP contribution in [0.2, 0.25) is 0 Å². The number of nitrogens with zero attached hydrogens (tertiary/aromatic N) is 4. The van der Waals surface area contributed by atoms with Crippen LogP contribution < -0.4 is 11.1 Å². The summed E-state index contributed by atoms with van der Waals surface area (Å²) < 4.78 is 6.66. The van der Waals surface area contributed by atoms with Crippen LogP contribution in [-0.4, -0.2) is 45.4 Å². The van der Waals surface area contributed by atoms with Crippen molar-refractivity contribution < 1.29 is 9.53 Å². The first kappa shape index (κ1) is 20.0. The summed E-state index contributed by atoms with van der Waals surface area (Å²) >= 11 is 0. The van der Waals surface area contributed by atoms with Gasteiger partial charge in [0, 0.05) is 32.1 Å². The van der Waals surface area contributed by atoms with Crippen LogP contribution in [0.3, 0.4) is 0 Å². The van der Waals surface area contributed by atoms with Crippen molar-refractivity contribution in [3.8, 4) is 5.95 Å². The summed E-state index contributed by atoms with van der Waals surface area (Å²) in [5, 5.41) is 7.30. The first-order valence-corrected chi connectivity index (χ1v) is 7.45. The van der Waals surface area contributed by atoms with Gasteiger partial charge in [0.05, 0.1) is 18.2 Å². The number of methoxy groups -OCH3 is 1. The van der Waals surface area contributed by atoms with E-state index in [0.29, 0.717) is 11.8 Å². The summed E-state index contributed by atoms with van der Waals surface area (Å²) in [4.78, 5) is 20.5. The van der Waals surface area contributed by atoms with E-state index in [-0.39, 0.29) is 43.3 Å². The van der Waals surface area contributed by atoms with Crippen molar-refractivity contribution in [3.63, 3.8) is 0 Å². The molecule has 0 aliphatic rings. The van der Waals surface area contributed by atoms with Gasteiger partial charge < -0.3 is 15.8 Å². The number of carbonyl (C=O) groups excluding carboxylic acids is 1. The zero-order valence-electron chi connectivity index (χ0n) is 14.0. The highest BCUT2D eigenvalue weighted by atomic mass is 35.5. The summed E-state index contributed by atoms with van der Waals surface area (Å²) in [6, 6.07) is 3.54. The molecular weight excluding hydrogens is 332 g/mol. The fourth-order valence-corrected chi connectivity index (χ4v) is 1.99. The second-order valence-corrected chi connectivity index (χ2v) is 5.42. The lowest BCUT2D eigenvalue weighted by molar-refractivity contribution is -0.118. The predicted octanol–water partition coefficient (Wildman–Crippen LogP) is 1.51. The first-order valence-electron chi connectivity index (χ1n) is 7.45. The molecule has 2 rings (SSSR count). The maximum absolute atomic E-state index is 12.2. The molecule has 24 heavy (non-hydrogen) atoms. The van der Waals surface area contributed by atoms with Gasteiger partial charge in [-0.2, -0.15) is 9.78 Å². The summed E-state index contributed by atoms with van der Waals surface area (Å²) in [7, 11) is 1.53. The maximum atomic E-state index is 12.2. The van der Waals surface area contributed by atoms with Gasteiger partial charge in [0.15, 0.2) is 0 Å². The number of anilines is 1. The molecule has 3 N–H and O–H groups in total. The molecule has 2 heterocycles. The Balaban J connectivity index is 0.00000288. The number of halogens is 1. The Morgan fingerprint density at radius 1 is 1.38 bits per heavy atom. The predicted molar refractivity (Wildman–Crippen MR) is 93.6 cm³/mol. The number of ether oxygens (including phenoxy) is 1. The van der Waals surface area contributed by atoms with E-state index in [1.165, 1.54) is 11.8 Å². The smallest absolute Gasteiger partial charge is 0.252 e. The topological polar surface area (TPSA) is 108 Å². The third kappa shape index (κ3) is 4.98. The molecule has 2 aromatic rings. The minimum Gasteiger partial charge on any atom is -0.380 e. The Hall–Kier alpha value is -2.03. The molecule has 0 aliphatic carbocycles. The van der Waals surface area contributed by atoms with Gasteiger partial charge in [-0.05, 0) is 12.0 Å². The molecular formula is C15H23ClN6O2. The van der Waals surface area contributed by atoms with Crippen LogP contribution in [0.25, 0.3) is 5.95 Å². The van der Waals surface area contributed by atoms with Crippen molar-refractivity contribution in [1.29, 1.82) is 0 Å². The van der Waals surface area contributed by atoms with Crippen LogP contribution >= 0.6 is 12.4 Å². The molecule has 1 atom stereocenters. The van der Waals surface area contributed by atoms with Gasteiger partial charge >= 0.3 is 0 Å². The highest BCUT2D eigenvalue weighted by Gasteiger charge is 2.17. The van der Waals surface area contributed by atoms with Crippen LogP contribution in [-0.2, 0) is 9.53 Å². The molecule has 0 aromatic carbocycles. The largest absolute Gasteiger partial charge is 0.380 e. The van der Waals surface area contributed by atoms with Crippen LogP contribution in [0, 0.1) is 0 Å². The Labute approximate surface area is 147 Å². The number of carbonyl (C=O) groups is 1. The normalized spacial score (nSPS) is 11.9. The molecule has 0 saturated carbocycles. The first-order chi connectivity index (χ1) is 11.0. The third-order valence-corrected chi connectivity index (χ3v) is 3.34. The van der Waals surface area contributed by atoms with Gasteiger partial charge in [-0.1, -0.05) is 13.8 Å². The Bertz CT molecular complexity index is 643. The van der Waals surface area contributed by atoms with Crippen LogP contribution in [0.5, 0.6) is 0 Å². The lowest BCUT2D eigenvalue weighted by atomic mass is 10.1. The summed E-state index contributed by atoms with van der Waals surface area (Å²) in [6.45, 7) is 4.33. The SMILES string of the molecule is COC(CN)CC(=O)Nc1cc(C(C)C)nn1-c1ncccn1.Cl. The molecule has 2 aromatic heterocycles. The molecule has 0 bridgehead atoms. The van der Waals surface area contributed by atoms with Gasteiger partial charge in [0.2, 0.25) is 5.91 Å². The van der Waals surface area contributed by atoms with Gasteiger partial charge in [-0.15, -0.1) is 12.4 Å². The van der Waals surface area contributed by atoms with Gasteiger partial charge in [-0.25, -0.2) is 9.97 Å². The Morgan fingerprint density at radius 2 is 2.04 bits per heavy atom. The number of amides is 1. The van der Waals surface area contributed by atoms with E-state index < -0.39 is 0 Å². The fraction of sp³-hybridized carbons (Fsp3) is 0.467. The van der Waals surface area contributed by atoms with E-state index >= 15 is 0 Å². The minimum atomic E-state index is -0.316. The molecule has 1 amide bonds. The molecule has 0 fully saturated rings. The number of rotatable bonds is 7. The molecule has 132 valence electrons. The van der Waals surface area contributed by atoms with Crippen LogP contribution in [0.15, 0.2) is 24.5 Å². The molecule has 1 unspecified atom stereocenters. The summed E-state index contributed by atoms with van der Waals surface area (Å²) in [6.07, 6.45) is 3.11. The van der Waals surface area contributed by atoms with E-state index in [2.05, 4.69) is 20.4 Å². The van der Waals surface area contributed by atoms with Gasteiger partial charge in [0.1, 0.15) is 5.82 Å². The molecule has 9 heteroatoms. The van der Waals surface area contributed by atoms with Crippen molar-refractivity contribution in [2.24, 2.45) is 5.73 Å². The Kier molecular flexibility index (Phi) is 7.76. The molecule has 0 radical (unpaired) electrons. The summed E-state index contributed by atoms with van der Waals surface area (Å²) in [5.41, 5.74) is 6.39. The van der Waals surface area contributed by atoms with E-state index in [9.17, 15) is 4.79 Å². The monoisotopic (exact) mass is 354 g/mol. The highest BCUT2D eigenvalue weighted by Crippen LogP contribution is 2.20. The van der Waals surface area contributed by atoms with E-state index in [4.69, 9.17) is 10.5 Å². The highest BCUT2D eigenvalue weighted by molar-refractivity contribution is 5.90. The van der Waals surface area contributed by atoms with Gasteiger partial charge in [0.25, 0.3) is 5.95 Å². The number of nitrogens with one attached hydrogen (secondary N) is 1. The van der Waals surface area contributed by atoms with E-state index in [0.717, 1.165) is 5.69 Å². The number of aromatic nitrogens is 4. The third-order valence-electron chi connectivity index (χ3n) is 3.34. The maximum Gasteiger partial charge on any atom is 0.252 e. The summed E-state index contributed by atoms with van der Waals surface area (Å²) in [5.74, 6) is 0.939. The average molecular weight is 355 g/mol. The zero-order chi connectivity index (χ0) is 16.8. The minimum absolute atomic E-state index is 0. The molecule has 0 spiro atoms. The van der Waals surface area contributed by atoms with Crippen molar-refractivity contribution in [3.05, 3.63) is 30.2 Å². The Morgan fingerprint density at radius 3 is 2.58 bits per heavy atom. The standard InChI is InChI=1S/C15H22N6O2.ClH/c1-10(2)12-8-13(19-14(22)7-11(9-16)23-3)21(20-12)15-17-5-4-6-18-15;/h4-6,8,10-11H,7,9,16H2,1-3H3,(H,19,22);1H. The number of hydrogen-bond acceptors (Lipinski definition) is 6. The van der Waals surface area contributed by atoms with E-state index in [1.807, 2.05) is 19.9 Å². The molecule has 0 saturated heterocycles. The van der Waals surface area contributed by atoms with Crippen molar-refractivity contribution in [2.75, 3.05) is 19.0 Å². The quantitative estimate of drug-likeness (QED) is 0.780. The lowest BCUT2D eigenvalue weighted by Gasteiger charge is -2.12. The number of nitrogens with two attached hydrogens (primary N) is 1. The van der Waals surface area contributed by atoms with Crippen molar-refractivity contribution >= 4 is 24.1 Å². The van der Waals surface area contributed by atoms with Crippen molar-refractivity contribution in [1.82, 2.24) is 19.7 Å². The van der Waals surface area contributed by atoms with E-state index in [1.54, 1.807) is 18.5 Å². The fourth-order valence-electron chi connectivity index (χ4n) is 1.99. The van der Waals surface area contributed by atoms with Crippen LogP contribution in [0.4, 0.5) is 5.82 Å². The molecule has 8 nitrogen and oxygen atoms in total.